The van der Waals surface area contributed by atoms with Crippen molar-refractivity contribution in [1.29, 1.82) is 0 Å². The summed E-state index contributed by atoms with van der Waals surface area (Å²) in [6, 6.07) is 26.6. The van der Waals surface area contributed by atoms with E-state index in [4.69, 9.17) is 16.3 Å². The lowest BCUT2D eigenvalue weighted by Crippen LogP contribution is -2.57. The smallest absolute Gasteiger partial charge is 0.240 e. The summed E-state index contributed by atoms with van der Waals surface area (Å²) >= 11 is 6.18. The number of ether oxygens (including phenoxy) is 1. The van der Waals surface area contributed by atoms with Crippen molar-refractivity contribution >= 4 is 29.9 Å². The molecule has 0 spiro atoms. The number of carbonyl (C=O) groups excluding carboxylic acids is 1. The highest BCUT2D eigenvalue weighted by Gasteiger charge is 2.35. The summed E-state index contributed by atoms with van der Waals surface area (Å²) in [6.45, 7) is 7.89. The van der Waals surface area contributed by atoms with E-state index in [1.807, 2.05) is 30.3 Å². The molecule has 1 amide bonds. The van der Waals surface area contributed by atoms with Gasteiger partial charge in [0.2, 0.25) is 5.91 Å². The molecule has 0 aliphatic carbocycles. The molecule has 1 atom stereocenters. The predicted octanol–water partition coefficient (Wildman–Crippen LogP) is 5.53. The molecular formula is C34H44Cl2N4O2. The van der Waals surface area contributed by atoms with Gasteiger partial charge in [-0.1, -0.05) is 72.3 Å². The SMILES string of the molecule is COc1ccccc1CN1CCN(C(=O)[C@H](NCc2ccccc2)C2CCN(CCc3cccc(Cl)c3)CC2)CC1.Cl. The van der Waals surface area contributed by atoms with E-state index < -0.39 is 0 Å². The highest BCUT2D eigenvalue weighted by Crippen LogP contribution is 2.25. The number of methoxy groups -OCH3 is 1. The largest absolute Gasteiger partial charge is 0.496 e. The number of piperidine rings is 1. The molecule has 6 nitrogen and oxygen atoms in total. The van der Waals surface area contributed by atoms with Crippen LogP contribution in [-0.4, -0.2) is 79.6 Å². The minimum atomic E-state index is -0.161. The molecule has 3 aromatic rings. The van der Waals surface area contributed by atoms with Crippen molar-refractivity contribution in [2.75, 3.05) is 52.9 Å². The first-order valence-electron chi connectivity index (χ1n) is 15.0. The minimum Gasteiger partial charge on any atom is -0.496 e. The second-order valence-corrected chi connectivity index (χ2v) is 11.8. The standard InChI is InChI=1S/C34H43ClN4O2.ClH/c1-41-32-13-6-5-11-30(32)26-38-20-22-39(23-21-38)34(40)33(36-25-28-8-3-2-4-9-28)29-15-18-37(19-16-29)17-14-27-10-7-12-31(35)24-27;/h2-13,24,29,33,36H,14-23,25-26H2,1H3;1H/t33-;/m1./s1. The lowest BCUT2D eigenvalue weighted by atomic mass is 9.88. The zero-order valence-electron chi connectivity index (χ0n) is 24.6. The van der Waals surface area contributed by atoms with Crippen LogP contribution >= 0.6 is 24.0 Å². The van der Waals surface area contributed by atoms with E-state index in [0.29, 0.717) is 12.5 Å². The zero-order valence-corrected chi connectivity index (χ0v) is 26.2. The Morgan fingerprint density at radius 2 is 1.57 bits per heavy atom. The van der Waals surface area contributed by atoms with Crippen molar-refractivity contribution in [2.45, 2.75) is 38.4 Å². The van der Waals surface area contributed by atoms with Gasteiger partial charge in [0.05, 0.1) is 13.2 Å². The van der Waals surface area contributed by atoms with Crippen LogP contribution < -0.4 is 10.1 Å². The Kier molecular flexibility index (Phi) is 12.5. The van der Waals surface area contributed by atoms with Crippen molar-refractivity contribution in [3.8, 4) is 5.75 Å². The molecule has 226 valence electrons. The number of likely N-dealkylation sites (tertiary alicyclic amines) is 1. The van der Waals surface area contributed by atoms with Gasteiger partial charge in [-0.2, -0.15) is 0 Å². The maximum atomic E-state index is 14.0. The van der Waals surface area contributed by atoms with Gasteiger partial charge in [-0.25, -0.2) is 0 Å². The zero-order chi connectivity index (χ0) is 28.4. The van der Waals surface area contributed by atoms with Crippen LogP contribution in [0.2, 0.25) is 5.02 Å². The van der Waals surface area contributed by atoms with Gasteiger partial charge in [0, 0.05) is 56.4 Å². The monoisotopic (exact) mass is 610 g/mol. The fourth-order valence-electron chi connectivity index (χ4n) is 6.17. The van der Waals surface area contributed by atoms with Gasteiger partial charge in [-0.3, -0.25) is 9.69 Å². The molecule has 8 heteroatoms. The molecule has 0 aromatic heterocycles. The summed E-state index contributed by atoms with van der Waals surface area (Å²) in [6.07, 6.45) is 3.06. The molecule has 42 heavy (non-hydrogen) atoms. The average Bonchev–Trinajstić information content (AvgIpc) is 3.02. The molecule has 2 aliphatic rings. The fraction of sp³-hybridized carbons (Fsp3) is 0.441. The lowest BCUT2D eigenvalue weighted by Gasteiger charge is -2.40. The van der Waals surface area contributed by atoms with Crippen LogP contribution in [0, 0.1) is 5.92 Å². The number of rotatable bonds is 11. The topological polar surface area (TPSA) is 48.1 Å². The summed E-state index contributed by atoms with van der Waals surface area (Å²) in [5.74, 6) is 1.52. The van der Waals surface area contributed by atoms with Crippen LogP contribution in [0.25, 0.3) is 0 Å². The van der Waals surface area contributed by atoms with Crippen molar-refractivity contribution in [3.05, 3.63) is 101 Å². The van der Waals surface area contributed by atoms with Crippen molar-refractivity contribution in [3.63, 3.8) is 0 Å². The molecular weight excluding hydrogens is 567 g/mol. The number of hydrogen-bond acceptors (Lipinski definition) is 5. The van der Waals surface area contributed by atoms with Crippen LogP contribution in [-0.2, 0) is 24.3 Å². The van der Waals surface area contributed by atoms with Crippen molar-refractivity contribution < 1.29 is 9.53 Å². The van der Waals surface area contributed by atoms with E-state index in [-0.39, 0.29) is 24.4 Å². The maximum Gasteiger partial charge on any atom is 0.240 e. The first-order valence-corrected chi connectivity index (χ1v) is 15.3. The molecule has 2 aliphatic heterocycles. The van der Waals surface area contributed by atoms with E-state index in [9.17, 15) is 4.79 Å². The molecule has 0 bridgehead atoms. The molecule has 3 aromatic carbocycles. The van der Waals surface area contributed by atoms with E-state index in [1.165, 1.54) is 16.7 Å². The summed E-state index contributed by atoms with van der Waals surface area (Å²) in [5, 5.41) is 4.49. The van der Waals surface area contributed by atoms with Gasteiger partial charge in [0.1, 0.15) is 5.75 Å². The molecule has 0 unspecified atom stereocenters. The van der Waals surface area contributed by atoms with Gasteiger partial charge in [-0.15, -0.1) is 12.4 Å². The van der Waals surface area contributed by atoms with E-state index >= 15 is 0 Å². The highest BCUT2D eigenvalue weighted by atomic mass is 35.5. The van der Waals surface area contributed by atoms with Gasteiger partial charge >= 0.3 is 0 Å². The maximum absolute atomic E-state index is 14.0. The Balaban J connectivity index is 0.00000405. The van der Waals surface area contributed by atoms with Crippen molar-refractivity contribution in [1.82, 2.24) is 20.0 Å². The predicted molar refractivity (Wildman–Crippen MR) is 173 cm³/mol. The molecule has 5 rings (SSSR count). The van der Waals surface area contributed by atoms with Gasteiger partial charge < -0.3 is 19.9 Å². The number of carbonyl (C=O) groups is 1. The first kappa shape index (κ1) is 32.3. The summed E-state index contributed by atoms with van der Waals surface area (Å²) in [5.41, 5.74) is 3.69. The van der Waals surface area contributed by atoms with Crippen molar-refractivity contribution in [2.24, 2.45) is 5.92 Å². The number of hydrogen-bond donors (Lipinski definition) is 1. The highest BCUT2D eigenvalue weighted by molar-refractivity contribution is 6.30. The number of para-hydroxylation sites is 1. The normalized spacial score (nSPS) is 17.4. The Labute approximate surface area is 262 Å². The summed E-state index contributed by atoms with van der Waals surface area (Å²) in [7, 11) is 1.72. The second-order valence-electron chi connectivity index (χ2n) is 11.3. The average molecular weight is 612 g/mol. The summed E-state index contributed by atoms with van der Waals surface area (Å²) in [4.78, 5) is 21.1. The third-order valence-corrected chi connectivity index (χ3v) is 8.85. The number of benzene rings is 3. The third-order valence-electron chi connectivity index (χ3n) is 8.61. The minimum absolute atomic E-state index is 0. The Bertz CT molecular complexity index is 1250. The molecule has 0 radical (unpaired) electrons. The number of nitrogens with zero attached hydrogens (tertiary/aromatic N) is 3. The first-order chi connectivity index (χ1) is 20.1. The van der Waals surface area contributed by atoms with Crippen LogP contribution in [0.1, 0.15) is 29.5 Å². The quantitative estimate of drug-likeness (QED) is 0.309. The van der Waals surface area contributed by atoms with Gasteiger partial charge in [-0.05, 0) is 67.6 Å². The fourth-order valence-corrected chi connectivity index (χ4v) is 6.38. The Morgan fingerprint density at radius 3 is 2.29 bits per heavy atom. The lowest BCUT2D eigenvalue weighted by molar-refractivity contribution is -0.137. The van der Waals surface area contributed by atoms with E-state index in [0.717, 1.165) is 82.4 Å². The number of halogens is 2. The van der Waals surface area contributed by atoms with E-state index in [2.05, 4.69) is 68.5 Å². The Morgan fingerprint density at radius 1 is 0.881 bits per heavy atom. The second kappa shape index (κ2) is 16.3. The molecule has 2 saturated heterocycles. The summed E-state index contributed by atoms with van der Waals surface area (Å²) < 4.78 is 5.55. The van der Waals surface area contributed by atoms with Crippen LogP contribution in [0.3, 0.4) is 0 Å². The third kappa shape index (κ3) is 8.95. The van der Waals surface area contributed by atoms with Crippen LogP contribution in [0.4, 0.5) is 0 Å². The van der Waals surface area contributed by atoms with E-state index in [1.54, 1.807) is 7.11 Å². The molecule has 1 N–H and O–H groups in total. The Hall–Kier alpha value is -2.61. The number of piperazine rings is 1. The van der Waals surface area contributed by atoms with Gasteiger partial charge in [0.15, 0.2) is 0 Å². The molecule has 2 fully saturated rings. The number of nitrogens with one attached hydrogen (secondary N) is 1. The van der Waals surface area contributed by atoms with Crippen LogP contribution in [0.15, 0.2) is 78.9 Å². The van der Waals surface area contributed by atoms with Crippen LogP contribution in [0.5, 0.6) is 5.75 Å². The number of amides is 1. The molecule has 2 heterocycles. The van der Waals surface area contributed by atoms with Gasteiger partial charge in [0.25, 0.3) is 0 Å². The molecule has 0 saturated carbocycles.